The van der Waals surface area contributed by atoms with Gasteiger partial charge in [-0.2, -0.15) is 9.78 Å². The molecular formula is C22H30N2O. The van der Waals surface area contributed by atoms with Gasteiger partial charge in [0.25, 0.3) is 5.91 Å². The van der Waals surface area contributed by atoms with Gasteiger partial charge < -0.3 is 0 Å². The topological polar surface area (TPSA) is 34.9 Å². The zero-order chi connectivity index (χ0) is 18.4. The lowest BCUT2D eigenvalue weighted by Crippen LogP contribution is -2.28. The molecule has 0 aliphatic heterocycles. The number of hydrogen-bond donors (Lipinski definition) is 0. The van der Waals surface area contributed by atoms with Crippen LogP contribution in [0.15, 0.2) is 30.3 Å². The molecule has 134 valence electrons. The van der Waals surface area contributed by atoms with Gasteiger partial charge in [-0.15, -0.1) is 0 Å². The number of benzene rings is 1. The largest absolute Gasteiger partial charge is 0.272 e. The highest BCUT2D eigenvalue weighted by Gasteiger charge is 2.37. The monoisotopic (exact) mass is 338 g/mol. The van der Waals surface area contributed by atoms with Crippen molar-refractivity contribution in [3.8, 4) is 11.3 Å². The summed E-state index contributed by atoms with van der Waals surface area (Å²) in [6.07, 6.45) is 2.31. The van der Waals surface area contributed by atoms with Crippen molar-refractivity contribution in [2.45, 2.75) is 66.2 Å². The molecule has 3 heteroatoms. The fourth-order valence-electron chi connectivity index (χ4n) is 3.90. The lowest BCUT2D eigenvalue weighted by Gasteiger charge is -2.28. The number of fused-ring (bicyclic) bond motifs is 1. The Hall–Kier alpha value is -1.90. The molecule has 1 heterocycles. The van der Waals surface area contributed by atoms with Gasteiger partial charge in [0.05, 0.1) is 11.4 Å². The minimum atomic E-state index is -0.464. The summed E-state index contributed by atoms with van der Waals surface area (Å²) in [6.45, 7) is 12.7. The fourth-order valence-corrected chi connectivity index (χ4v) is 3.90. The second-order valence-electron chi connectivity index (χ2n) is 8.81. The molecule has 0 saturated heterocycles. The average Bonchev–Trinajstić information content (AvgIpc) is 2.95. The Morgan fingerprint density at radius 2 is 1.80 bits per heavy atom. The molecule has 3 nitrogen and oxygen atoms in total. The van der Waals surface area contributed by atoms with Crippen molar-refractivity contribution >= 4 is 5.91 Å². The molecule has 3 rings (SSSR count). The Bertz CT molecular complexity index is 765. The summed E-state index contributed by atoms with van der Waals surface area (Å²) < 4.78 is 1.71. The van der Waals surface area contributed by atoms with Crippen LogP contribution in [0, 0.1) is 11.3 Å². The van der Waals surface area contributed by atoms with Crippen LogP contribution in [0.4, 0.5) is 0 Å². The van der Waals surface area contributed by atoms with E-state index < -0.39 is 5.41 Å². The van der Waals surface area contributed by atoms with Gasteiger partial charge in [-0.3, -0.25) is 4.79 Å². The first-order valence-corrected chi connectivity index (χ1v) is 9.44. The van der Waals surface area contributed by atoms with Crippen LogP contribution < -0.4 is 0 Å². The minimum Gasteiger partial charge on any atom is -0.272 e. The predicted molar refractivity (Wildman–Crippen MR) is 103 cm³/mol. The van der Waals surface area contributed by atoms with Gasteiger partial charge in [-0.25, -0.2) is 0 Å². The number of carbonyl (C=O) groups excluding carboxylic acids is 1. The summed E-state index contributed by atoms with van der Waals surface area (Å²) in [7, 11) is 0. The van der Waals surface area contributed by atoms with E-state index in [1.807, 2.05) is 39.0 Å². The van der Waals surface area contributed by atoms with Crippen molar-refractivity contribution in [2.75, 3.05) is 0 Å². The maximum atomic E-state index is 13.2. The lowest BCUT2D eigenvalue weighted by molar-refractivity contribution is 0.0750. The average molecular weight is 338 g/mol. The van der Waals surface area contributed by atoms with Gasteiger partial charge in [-0.05, 0) is 24.7 Å². The summed E-state index contributed by atoms with van der Waals surface area (Å²) in [5.74, 6) is 1.46. The van der Waals surface area contributed by atoms with Crippen molar-refractivity contribution in [3.05, 3.63) is 41.6 Å². The van der Waals surface area contributed by atoms with E-state index in [1.54, 1.807) is 4.68 Å². The van der Waals surface area contributed by atoms with E-state index in [0.717, 1.165) is 29.8 Å². The number of carbonyl (C=O) groups is 1. The fraction of sp³-hybridized carbons (Fsp3) is 0.545. The summed E-state index contributed by atoms with van der Waals surface area (Å²) in [5.41, 5.74) is 4.06. The first-order valence-electron chi connectivity index (χ1n) is 9.44. The van der Waals surface area contributed by atoms with Crippen LogP contribution in [0.2, 0.25) is 0 Å². The molecule has 1 aromatic carbocycles. The van der Waals surface area contributed by atoms with E-state index in [9.17, 15) is 4.79 Å². The summed E-state index contributed by atoms with van der Waals surface area (Å²) >= 11 is 0. The SMILES string of the molecule is CC(C)[C@H]1CC[C@@H](C)c2c1nn(C(=O)C(C)(C)C)c2-c1ccccc1. The molecule has 2 aromatic rings. The molecule has 1 aliphatic rings. The second kappa shape index (κ2) is 6.44. The standard InChI is InChI=1S/C22H30N2O/c1-14(2)17-13-12-15(3)18-19(17)23-24(21(25)22(4,5)6)20(18)16-10-8-7-9-11-16/h7-11,14-15,17H,12-13H2,1-6H3/t15-,17-/m1/s1. The number of hydrogen-bond acceptors (Lipinski definition) is 2. The molecule has 2 atom stereocenters. The van der Waals surface area contributed by atoms with Crippen LogP contribution in [0.1, 0.15) is 82.3 Å². The quantitative estimate of drug-likeness (QED) is 0.686. The number of aromatic nitrogens is 2. The Kier molecular flexibility index (Phi) is 4.61. The molecule has 0 spiro atoms. The highest BCUT2D eigenvalue weighted by atomic mass is 16.2. The third-order valence-electron chi connectivity index (χ3n) is 5.39. The Morgan fingerprint density at radius 1 is 1.16 bits per heavy atom. The zero-order valence-electron chi connectivity index (χ0n) is 16.3. The van der Waals surface area contributed by atoms with E-state index in [0.29, 0.717) is 17.8 Å². The third kappa shape index (κ3) is 3.17. The third-order valence-corrected chi connectivity index (χ3v) is 5.39. The molecular weight excluding hydrogens is 308 g/mol. The van der Waals surface area contributed by atoms with E-state index in [1.165, 1.54) is 5.56 Å². The first-order chi connectivity index (χ1) is 11.7. The molecule has 0 fully saturated rings. The summed E-state index contributed by atoms with van der Waals surface area (Å²) in [6, 6.07) is 10.3. The maximum Gasteiger partial charge on any atom is 0.252 e. The molecule has 0 saturated carbocycles. The van der Waals surface area contributed by atoms with E-state index in [2.05, 4.69) is 32.9 Å². The van der Waals surface area contributed by atoms with Gasteiger partial charge in [0.1, 0.15) is 0 Å². The van der Waals surface area contributed by atoms with Crippen molar-refractivity contribution in [1.82, 2.24) is 9.78 Å². The second-order valence-corrected chi connectivity index (χ2v) is 8.81. The Labute approximate surface area is 151 Å². The van der Waals surface area contributed by atoms with Crippen LogP contribution in [0.25, 0.3) is 11.3 Å². The van der Waals surface area contributed by atoms with Gasteiger partial charge in [0, 0.05) is 22.5 Å². The van der Waals surface area contributed by atoms with Crippen LogP contribution in [0.5, 0.6) is 0 Å². The predicted octanol–water partition coefficient (Wildman–Crippen LogP) is 5.87. The smallest absolute Gasteiger partial charge is 0.252 e. The number of rotatable bonds is 2. The first kappa shape index (κ1) is 17.9. The molecule has 1 aliphatic carbocycles. The molecule has 0 N–H and O–H groups in total. The van der Waals surface area contributed by atoms with Crippen molar-refractivity contribution in [1.29, 1.82) is 0 Å². The molecule has 0 bridgehead atoms. The van der Waals surface area contributed by atoms with Gasteiger partial charge in [-0.1, -0.05) is 71.9 Å². The lowest BCUT2D eigenvalue weighted by atomic mass is 9.75. The van der Waals surface area contributed by atoms with Crippen molar-refractivity contribution in [2.24, 2.45) is 11.3 Å². The molecule has 1 aromatic heterocycles. The van der Waals surface area contributed by atoms with E-state index in [-0.39, 0.29) is 5.91 Å². The molecule has 25 heavy (non-hydrogen) atoms. The minimum absolute atomic E-state index is 0.0652. The van der Waals surface area contributed by atoms with Crippen LogP contribution in [0.3, 0.4) is 0 Å². The van der Waals surface area contributed by atoms with E-state index in [4.69, 9.17) is 5.10 Å². The number of nitrogens with zero attached hydrogens (tertiary/aromatic N) is 2. The molecule has 0 radical (unpaired) electrons. The summed E-state index contributed by atoms with van der Waals surface area (Å²) in [4.78, 5) is 13.2. The van der Waals surface area contributed by atoms with Crippen LogP contribution >= 0.6 is 0 Å². The van der Waals surface area contributed by atoms with Gasteiger partial charge in [0.2, 0.25) is 0 Å². The van der Waals surface area contributed by atoms with Crippen molar-refractivity contribution < 1.29 is 4.79 Å². The van der Waals surface area contributed by atoms with Gasteiger partial charge >= 0.3 is 0 Å². The highest BCUT2D eigenvalue weighted by Crippen LogP contribution is 2.46. The van der Waals surface area contributed by atoms with Crippen LogP contribution in [-0.4, -0.2) is 15.7 Å². The Balaban J connectivity index is 2.29. The normalized spacial score (nSPS) is 20.6. The van der Waals surface area contributed by atoms with Gasteiger partial charge in [0.15, 0.2) is 0 Å². The van der Waals surface area contributed by atoms with Crippen molar-refractivity contribution in [3.63, 3.8) is 0 Å². The highest BCUT2D eigenvalue weighted by molar-refractivity contribution is 5.88. The maximum absolute atomic E-state index is 13.2. The van der Waals surface area contributed by atoms with Crippen LogP contribution in [-0.2, 0) is 0 Å². The Morgan fingerprint density at radius 3 is 2.36 bits per heavy atom. The molecule has 0 unspecified atom stereocenters. The van der Waals surface area contributed by atoms with E-state index >= 15 is 0 Å². The summed E-state index contributed by atoms with van der Waals surface area (Å²) in [5, 5.41) is 4.91. The zero-order valence-corrected chi connectivity index (χ0v) is 16.3. The molecule has 0 amide bonds.